The minimum absolute atomic E-state index is 0.0167. The van der Waals surface area contributed by atoms with Crippen molar-refractivity contribution < 1.29 is 10.2 Å². The summed E-state index contributed by atoms with van der Waals surface area (Å²) in [5.41, 5.74) is 0.905. The van der Waals surface area contributed by atoms with Gasteiger partial charge >= 0.3 is 0 Å². The van der Waals surface area contributed by atoms with Gasteiger partial charge in [-0.1, -0.05) is 0 Å². The van der Waals surface area contributed by atoms with Gasteiger partial charge in [-0.15, -0.1) is 0 Å². The van der Waals surface area contributed by atoms with Gasteiger partial charge in [-0.2, -0.15) is 0 Å². The highest BCUT2D eigenvalue weighted by Gasteiger charge is 2.05. The number of aromatic nitrogens is 1. The standard InChI is InChI=1S/C9H14N2O2/c12-6-3-9(7-13)11-8-1-4-10-5-2-8/h1-2,4-5,9,12-13H,3,6-7H2,(H,10,11). The molecule has 0 aromatic carbocycles. The summed E-state index contributed by atoms with van der Waals surface area (Å²) in [7, 11) is 0. The lowest BCUT2D eigenvalue weighted by molar-refractivity contribution is 0.229. The monoisotopic (exact) mass is 182 g/mol. The lowest BCUT2D eigenvalue weighted by atomic mass is 10.2. The third-order valence-corrected chi connectivity index (χ3v) is 1.75. The number of hydrogen-bond acceptors (Lipinski definition) is 4. The number of anilines is 1. The van der Waals surface area contributed by atoms with E-state index in [2.05, 4.69) is 10.3 Å². The smallest absolute Gasteiger partial charge is 0.0633 e. The molecule has 1 unspecified atom stereocenters. The van der Waals surface area contributed by atoms with E-state index in [9.17, 15) is 0 Å². The zero-order valence-electron chi connectivity index (χ0n) is 7.35. The van der Waals surface area contributed by atoms with Crippen LogP contribution < -0.4 is 5.32 Å². The summed E-state index contributed by atoms with van der Waals surface area (Å²) in [4.78, 5) is 3.87. The maximum atomic E-state index is 8.93. The van der Waals surface area contributed by atoms with Crippen LogP contribution in [-0.4, -0.2) is 34.5 Å². The first kappa shape index (κ1) is 9.95. The Kier molecular flexibility index (Phi) is 4.21. The molecule has 0 saturated carbocycles. The number of pyridine rings is 1. The van der Waals surface area contributed by atoms with E-state index in [4.69, 9.17) is 10.2 Å². The largest absolute Gasteiger partial charge is 0.396 e. The number of aliphatic hydroxyl groups is 2. The van der Waals surface area contributed by atoms with E-state index in [1.54, 1.807) is 12.4 Å². The Bertz CT molecular complexity index is 228. The fourth-order valence-corrected chi connectivity index (χ4v) is 1.05. The molecule has 0 aliphatic carbocycles. The molecule has 0 aliphatic heterocycles. The molecule has 0 fully saturated rings. The topological polar surface area (TPSA) is 65.4 Å². The molecule has 0 amide bonds. The molecular formula is C9H14N2O2. The molecule has 3 N–H and O–H groups in total. The van der Waals surface area contributed by atoms with Gasteiger partial charge in [0.25, 0.3) is 0 Å². The van der Waals surface area contributed by atoms with E-state index in [0.29, 0.717) is 6.42 Å². The average molecular weight is 182 g/mol. The van der Waals surface area contributed by atoms with Crippen molar-refractivity contribution in [2.45, 2.75) is 12.5 Å². The molecule has 4 nitrogen and oxygen atoms in total. The Hall–Kier alpha value is -1.13. The molecule has 1 rings (SSSR count). The Labute approximate surface area is 77.2 Å². The van der Waals surface area contributed by atoms with E-state index < -0.39 is 0 Å². The predicted molar refractivity (Wildman–Crippen MR) is 50.4 cm³/mol. The summed E-state index contributed by atoms with van der Waals surface area (Å²) in [6, 6.07) is 3.55. The highest BCUT2D eigenvalue weighted by atomic mass is 16.3. The molecule has 0 radical (unpaired) electrons. The van der Waals surface area contributed by atoms with Crippen LogP contribution in [0.4, 0.5) is 5.69 Å². The molecule has 1 aromatic heterocycles. The first-order chi connectivity index (χ1) is 6.36. The zero-order chi connectivity index (χ0) is 9.52. The number of nitrogens with one attached hydrogen (secondary N) is 1. The number of nitrogens with zero attached hydrogens (tertiary/aromatic N) is 1. The molecule has 13 heavy (non-hydrogen) atoms. The van der Waals surface area contributed by atoms with Gasteiger partial charge in [0, 0.05) is 24.7 Å². The van der Waals surface area contributed by atoms with Crippen molar-refractivity contribution in [3.8, 4) is 0 Å². The van der Waals surface area contributed by atoms with E-state index in [1.807, 2.05) is 12.1 Å². The van der Waals surface area contributed by atoms with Crippen molar-refractivity contribution in [1.82, 2.24) is 4.98 Å². The normalized spacial score (nSPS) is 12.5. The quantitative estimate of drug-likeness (QED) is 0.610. The van der Waals surface area contributed by atoms with Crippen LogP contribution in [0.1, 0.15) is 6.42 Å². The van der Waals surface area contributed by atoms with Crippen molar-refractivity contribution in [2.24, 2.45) is 0 Å². The molecular weight excluding hydrogens is 168 g/mol. The molecule has 4 heteroatoms. The Morgan fingerprint density at radius 3 is 2.54 bits per heavy atom. The van der Waals surface area contributed by atoms with Crippen LogP contribution in [0.5, 0.6) is 0 Å². The summed E-state index contributed by atoms with van der Waals surface area (Å²) in [5.74, 6) is 0. The second-order valence-corrected chi connectivity index (χ2v) is 2.77. The van der Waals surface area contributed by atoms with Crippen molar-refractivity contribution in [2.75, 3.05) is 18.5 Å². The molecule has 0 spiro atoms. The molecule has 1 atom stereocenters. The van der Waals surface area contributed by atoms with Crippen molar-refractivity contribution >= 4 is 5.69 Å². The third kappa shape index (κ3) is 3.40. The van der Waals surface area contributed by atoms with Gasteiger partial charge in [0.2, 0.25) is 0 Å². The van der Waals surface area contributed by atoms with Crippen molar-refractivity contribution in [3.05, 3.63) is 24.5 Å². The molecule has 1 heterocycles. The van der Waals surface area contributed by atoms with E-state index in [1.165, 1.54) is 0 Å². The maximum absolute atomic E-state index is 8.93. The summed E-state index contributed by atoms with van der Waals surface area (Å²) in [6.45, 7) is 0.0895. The summed E-state index contributed by atoms with van der Waals surface area (Å²) in [6.07, 6.45) is 3.89. The van der Waals surface area contributed by atoms with Gasteiger partial charge in [-0.3, -0.25) is 4.98 Å². The molecule has 0 bridgehead atoms. The Balaban J connectivity index is 2.46. The van der Waals surface area contributed by atoms with Crippen LogP contribution in [0.3, 0.4) is 0 Å². The van der Waals surface area contributed by atoms with Crippen LogP contribution in [0.25, 0.3) is 0 Å². The molecule has 1 aromatic rings. The van der Waals surface area contributed by atoms with Crippen LogP contribution in [0, 0.1) is 0 Å². The number of aliphatic hydroxyl groups excluding tert-OH is 2. The number of hydrogen-bond donors (Lipinski definition) is 3. The van der Waals surface area contributed by atoms with Crippen molar-refractivity contribution in [3.63, 3.8) is 0 Å². The van der Waals surface area contributed by atoms with Crippen LogP contribution in [0.15, 0.2) is 24.5 Å². The van der Waals surface area contributed by atoms with E-state index in [0.717, 1.165) is 5.69 Å². The minimum atomic E-state index is -0.0904. The lowest BCUT2D eigenvalue weighted by Crippen LogP contribution is -2.24. The minimum Gasteiger partial charge on any atom is -0.396 e. The molecule has 72 valence electrons. The highest BCUT2D eigenvalue weighted by Crippen LogP contribution is 2.06. The highest BCUT2D eigenvalue weighted by molar-refractivity contribution is 5.41. The van der Waals surface area contributed by atoms with Gasteiger partial charge in [-0.05, 0) is 18.6 Å². The first-order valence-corrected chi connectivity index (χ1v) is 4.25. The fourth-order valence-electron chi connectivity index (χ4n) is 1.05. The van der Waals surface area contributed by atoms with Gasteiger partial charge in [0.1, 0.15) is 0 Å². The third-order valence-electron chi connectivity index (χ3n) is 1.75. The van der Waals surface area contributed by atoms with Gasteiger partial charge < -0.3 is 15.5 Å². The summed E-state index contributed by atoms with van der Waals surface area (Å²) < 4.78 is 0. The second kappa shape index (κ2) is 5.50. The second-order valence-electron chi connectivity index (χ2n) is 2.77. The van der Waals surface area contributed by atoms with E-state index in [-0.39, 0.29) is 19.3 Å². The lowest BCUT2D eigenvalue weighted by Gasteiger charge is -2.15. The van der Waals surface area contributed by atoms with Crippen molar-refractivity contribution in [1.29, 1.82) is 0 Å². The van der Waals surface area contributed by atoms with Gasteiger partial charge in [0.05, 0.1) is 12.6 Å². The zero-order valence-corrected chi connectivity index (χ0v) is 7.35. The van der Waals surface area contributed by atoms with E-state index >= 15 is 0 Å². The van der Waals surface area contributed by atoms with Gasteiger partial charge in [-0.25, -0.2) is 0 Å². The van der Waals surface area contributed by atoms with Crippen LogP contribution in [0.2, 0.25) is 0 Å². The van der Waals surface area contributed by atoms with Gasteiger partial charge in [0.15, 0.2) is 0 Å². The SMILES string of the molecule is OCCC(CO)Nc1ccncc1. The van der Waals surface area contributed by atoms with Crippen LogP contribution in [-0.2, 0) is 0 Å². The fraction of sp³-hybridized carbons (Fsp3) is 0.444. The van der Waals surface area contributed by atoms with Crippen LogP contribution >= 0.6 is 0 Å². The predicted octanol–water partition coefficient (Wildman–Crippen LogP) is 0.237. The first-order valence-electron chi connectivity index (χ1n) is 4.25. The average Bonchev–Trinajstić information content (AvgIpc) is 2.19. The number of rotatable bonds is 5. The summed E-state index contributed by atoms with van der Waals surface area (Å²) >= 11 is 0. The molecule has 0 aliphatic rings. The summed E-state index contributed by atoms with van der Waals surface area (Å²) in [5, 5.41) is 20.7. The Morgan fingerprint density at radius 2 is 2.00 bits per heavy atom. The maximum Gasteiger partial charge on any atom is 0.0633 e. The Morgan fingerprint density at radius 1 is 1.31 bits per heavy atom. The molecule has 0 saturated heterocycles.